The molecule has 0 fully saturated rings. The molecule has 3 aromatic heterocycles. The molecule has 5 aromatic rings. The van der Waals surface area contributed by atoms with Gasteiger partial charge in [-0.25, -0.2) is 9.78 Å². The number of para-hydroxylation sites is 1. The lowest BCUT2D eigenvalue weighted by molar-refractivity contribution is 0.262. The van der Waals surface area contributed by atoms with Crippen LogP contribution >= 0.6 is 0 Å². The van der Waals surface area contributed by atoms with E-state index in [1.54, 1.807) is 17.0 Å². The molecule has 0 aliphatic rings. The Morgan fingerprint density at radius 2 is 1.55 bits per heavy atom. The van der Waals surface area contributed by atoms with Crippen LogP contribution in [0.2, 0.25) is 0 Å². The van der Waals surface area contributed by atoms with Crippen molar-refractivity contribution >= 4 is 28.4 Å². The maximum absolute atomic E-state index is 14.3. The minimum atomic E-state index is -0.467. The molecule has 2 N–H and O–H groups in total. The summed E-state index contributed by atoms with van der Waals surface area (Å²) in [7, 11) is 0. The Morgan fingerprint density at radius 3 is 2.26 bits per heavy atom. The van der Waals surface area contributed by atoms with Crippen LogP contribution in [0.3, 0.4) is 0 Å². The molecular weight excluding hydrogens is 586 g/mol. The SMILES string of the molecule is CCCCn1c(=O)c(NC(=O)Nc2c(C(C)C)cccc2C(C)C)c(-c2cccc(OCCCc3ccccn3)c2)c2cccnc21. The van der Waals surface area contributed by atoms with Gasteiger partial charge in [-0.05, 0) is 84.2 Å². The van der Waals surface area contributed by atoms with Gasteiger partial charge in [-0.1, -0.05) is 77.4 Å². The van der Waals surface area contributed by atoms with E-state index in [1.807, 2.05) is 72.8 Å². The number of rotatable bonds is 13. The second-order valence-corrected chi connectivity index (χ2v) is 12.4. The van der Waals surface area contributed by atoms with Crippen LogP contribution in [0.1, 0.15) is 82.5 Å². The van der Waals surface area contributed by atoms with Crippen molar-refractivity contribution in [2.75, 3.05) is 17.2 Å². The highest BCUT2D eigenvalue weighted by molar-refractivity contribution is 6.07. The number of anilines is 2. The number of carbonyl (C=O) groups excluding carboxylic acids is 1. The molecule has 0 unspecified atom stereocenters. The van der Waals surface area contributed by atoms with Crippen molar-refractivity contribution in [1.82, 2.24) is 14.5 Å². The minimum Gasteiger partial charge on any atom is -0.494 e. The highest BCUT2D eigenvalue weighted by atomic mass is 16.5. The Hall–Kier alpha value is -4.98. The molecule has 47 heavy (non-hydrogen) atoms. The summed E-state index contributed by atoms with van der Waals surface area (Å²) in [6, 6.07) is 23.0. The molecule has 0 aliphatic carbocycles. The highest BCUT2D eigenvalue weighted by Gasteiger charge is 2.23. The number of ether oxygens (including phenoxy) is 1. The van der Waals surface area contributed by atoms with Gasteiger partial charge in [0.05, 0.1) is 6.61 Å². The van der Waals surface area contributed by atoms with E-state index in [0.717, 1.165) is 59.1 Å². The molecule has 2 aromatic carbocycles. The normalized spacial score (nSPS) is 11.3. The Balaban J connectivity index is 1.53. The van der Waals surface area contributed by atoms with Crippen LogP contribution in [0.25, 0.3) is 22.2 Å². The molecule has 244 valence electrons. The molecule has 3 heterocycles. The Bertz CT molecular complexity index is 1860. The first-order chi connectivity index (χ1) is 22.8. The average molecular weight is 632 g/mol. The summed E-state index contributed by atoms with van der Waals surface area (Å²) >= 11 is 0. The Labute approximate surface area is 277 Å². The number of hydrogen-bond donors (Lipinski definition) is 2. The van der Waals surface area contributed by atoms with Gasteiger partial charge >= 0.3 is 6.03 Å². The van der Waals surface area contributed by atoms with E-state index in [4.69, 9.17) is 4.74 Å². The second kappa shape index (κ2) is 15.5. The van der Waals surface area contributed by atoms with Gasteiger partial charge in [0.1, 0.15) is 17.1 Å². The topological polar surface area (TPSA) is 98.1 Å². The van der Waals surface area contributed by atoms with Gasteiger partial charge < -0.3 is 15.4 Å². The molecule has 8 nitrogen and oxygen atoms in total. The van der Waals surface area contributed by atoms with E-state index in [2.05, 4.69) is 55.2 Å². The average Bonchev–Trinajstić information content (AvgIpc) is 3.07. The summed E-state index contributed by atoms with van der Waals surface area (Å²) in [5.41, 5.74) is 5.76. The van der Waals surface area contributed by atoms with Crippen molar-refractivity contribution in [2.45, 2.75) is 78.7 Å². The summed E-state index contributed by atoms with van der Waals surface area (Å²) in [6.07, 6.45) is 6.84. The number of benzene rings is 2. The summed E-state index contributed by atoms with van der Waals surface area (Å²) in [4.78, 5) is 37.2. The third-order valence-corrected chi connectivity index (χ3v) is 8.30. The van der Waals surface area contributed by atoms with Crippen molar-refractivity contribution in [3.8, 4) is 16.9 Å². The molecule has 0 spiro atoms. The van der Waals surface area contributed by atoms with Crippen LogP contribution in [0, 0.1) is 0 Å². The van der Waals surface area contributed by atoms with E-state index >= 15 is 0 Å². The van der Waals surface area contributed by atoms with Gasteiger partial charge in [0.2, 0.25) is 0 Å². The first-order valence-electron chi connectivity index (χ1n) is 16.6. The highest BCUT2D eigenvalue weighted by Crippen LogP contribution is 2.36. The fraction of sp³-hybridized carbons (Fsp3) is 0.333. The molecular formula is C39H45N5O3. The quantitative estimate of drug-likeness (QED) is 0.126. The van der Waals surface area contributed by atoms with Crippen molar-refractivity contribution in [3.05, 3.63) is 112 Å². The summed E-state index contributed by atoms with van der Waals surface area (Å²) in [6.45, 7) is 11.5. The maximum atomic E-state index is 14.3. The number of aromatic nitrogens is 3. The lowest BCUT2D eigenvalue weighted by Gasteiger charge is -2.22. The number of nitrogens with zero attached hydrogens (tertiary/aromatic N) is 3. The van der Waals surface area contributed by atoms with Crippen molar-refractivity contribution < 1.29 is 9.53 Å². The fourth-order valence-corrected chi connectivity index (χ4v) is 5.90. The van der Waals surface area contributed by atoms with Crippen molar-refractivity contribution in [2.24, 2.45) is 0 Å². The summed E-state index contributed by atoms with van der Waals surface area (Å²) in [5, 5.41) is 6.89. The zero-order valence-corrected chi connectivity index (χ0v) is 28.0. The fourth-order valence-electron chi connectivity index (χ4n) is 5.90. The monoisotopic (exact) mass is 631 g/mol. The number of aryl methyl sites for hydroxylation is 2. The van der Waals surface area contributed by atoms with Gasteiger partial charge in [-0.2, -0.15) is 0 Å². The van der Waals surface area contributed by atoms with Gasteiger partial charge in [-0.3, -0.25) is 14.3 Å². The van der Waals surface area contributed by atoms with Crippen molar-refractivity contribution in [1.29, 1.82) is 0 Å². The molecule has 2 amide bonds. The molecule has 0 atom stereocenters. The van der Waals surface area contributed by atoms with Crippen LogP contribution < -0.4 is 20.9 Å². The Morgan fingerprint density at radius 1 is 0.830 bits per heavy atom. The molecule has 0 saturated carbocycles. The molecule has 0 bridgehead atoms. The van der Waals surface area contributed by atoms with Crippen LogP contribution in [0.5, 0.6) is 5.75 Å². The van der Waals surface area contributed by atoms with Crippen LogP contribution in [-0.4, -0.2) is 27.2 Å². The molecule has 0 radical (unpaired) electrons. The van der Waals surface area contributed by atoms with Gasteiger partial charge in [-0.15, -0.1) is 0 Å². The van der Waals surface area contributed by atoms with Crippen LogP contribution in [0.4, 0.5) is 16.2 Å². The van der Waals surface area contributed by atoms with Crippen LogP contribution in [0.15, 0.2) is 90.0 Å². The zero-order valence-electron chi connectivity index (χ0n) is 28.0. The van der Waals surface area contributed by atoms with Crippen LogP contribution in [-0.2, 0) is 13.0 Å². The zero-order chi connectivity index (χ0) is 33.3. The predicted octanol–water partition coefficient (Wildman–Crippen LogP) is 9.16. The van der Waals surface area contributed by atoms with Crippen molar-refractivity contribution in [3.63, 3.8) is 0 Å². The van der Waals surface area contributed by atoms with E-state index in [-0.39, 0.29) is 23.1 Å². The molecule has 0 saturated heterocycles. The molecule has 8 heteroatoms. The summed E-state index contributed by atoms with van der Waals surface area (Å²) in [5.74, 6) is 1.08. The summed E-state index contributed by atoms with van der Waals surface area (Å²) < 4.78 is 7.83. The number of amides is 2. The minimum absolute atomic E-state index is 0.198. The first-order valence-corrected chi connectivity index (χ1v) is 16.6. The van der Waals surface area contributed by atoms with E-state index in [9.17, 15) is 9.59 Å². The maximum Gasteiger partial charge on any atom is 0.323 e. The third-order valence-electron chi connectivity index (χ3n) is 8.30. The second-order valence-electron chi connectivity index (χ2n) is 12.4. The standard InChI is InChI=1S/C39H45N5O3/c1-6-7-23-44-37-33(20-12-22-41-37)34(28-14-10-17-30(25-28)47-24-13-16-29-15-8-9-21-40-29)36(38(44)45)43-39(46)42-35-31(26(2)3)18-11-19-32(35)27(4)5/h8-12,14-15,17-22,25-27H,6-7,13,16,23-24H2,1-5H3,(H2,42,43,46). The lowest BCUT2D eigenvalue weighted by atomic mass is 9.93. The number of carbonyl (C=O) groups is 1. The largest absolute Gasteiger partial charge is 0.494 e. The number of pyridine rings is 3. The first kappa shape index (κ1) is 33.4. The van der Waals surface area contributed by atoms with E-state index in [1.165, 1.54) is 0 Å². The number of nitrogens with one attached hydrogen (secondary N) is 2. The van der Waals surface area contributed by atoms with Gasteiger partial charge in [0.15, 0.2) is 0 Å². The van der Waals surface area contributed by atoms with Gasteiger partial charge in [0.25, 0.3) is 5.56 Å². The molecule has 0 aliphatic heterocycles. The number of hydrogen-bond acceptors (Lipinski definition) is 5. The van der Waals surface area contributed by atoms with Gasteiger partial charge in [0, 0.05) is 41.3 Å². The van der Waals surface area contributed by atoms with E-state index < -0.39 is 6.03 Å². The van der Waals surface area contributed by atoms with E-state index in [0.29, 0.717) is 30.1 Å². The number of urea groups is 1. The Kier molecular flexibility index (Phi) is 11.0. The number of fused-ring (bicyclic) bond motifs is 1. The lowest BCUT2D eigenvalue weighted by Crippen LogP contribution is -2.30. The third kappa shape index (κ3) is 7.88. The smallest absolute Gasteiger partial charge is 0.323 e. The molecule has 5 rings (SSSR count). The number of unbranched alkanes of at least 4 members (excludes halogenated alkanes) is 1. The predicted molar refractivity (Wildman–Crippen MR) is 192 cm³/mol.